The van der Waals surface area contributed by atoms with Gasteiger partial charge in [0.2, 0.25) is 0 Å². The quantitative estimate of drug-likeness (QED) is 0.849. The van der Waals surface area contributed by atoms with Crippen LogP contribution in [0.4, 0.5) is 8.78 Å². The Morgan fingerprint density at radius 1 is 1.39 bits per heavy atom. The summed E-state index contributed by atoms with van der Waals surface area (Å²) in [6.07, 6.45) is 3.43. The van der Waals surface area contributed by atoms with Crippen LogP contribution in [-0.4, -0.2) is 28.9 Å². The lowest BCUT2D eigenvalue weighted by Gasteiger charge is -2.12. The van der Waals surface area contributed by atoms with Crippen LogP contribution in [0.3, 0.4) is 0 Å². The molecule has 2 rings (SSSR count). The van der Waals surface area contributed by atoms with E-state index in [4.69, 9.17) is 4.74 Å². The number of nitrogens with one attached hydrogen (secondary N) is 1. The van der Waals surface area contributed by atoms with E-state index in [1.165, 1.54) is 18.2 Å². The molecule has 0 aliphatic carbocycles. The molecule has 0 saturated carbocycles. The summed E-state index contributed by atoms with van der Waals surface area (Å²) in [5.41, 5.74) is 1.14. The molecule has 2 aromatic rings. The summed E-state index contributed by atoms with van der Waals surface area (Å²) in [5, 5.41) is 6.72. The molecular formula is C15H17F2N3O3. The topological polar surface area (TPSA) is 65.4 Å². The van der Waals surface area contributed by atoms with Gasteiger partial charge >= 0.3 is 6.61 Å². The summed E-state index contributed by atoms with van der Waals surface area (Å²) in [6.45, 7) is -0.674. The average Bonchev–Trinajstić information content (AvgIpc) is 2.92. The van der Waals surface area contributed by atoms with Crippen molar-refractivity contribution in [2.24, 2.45) is 7.05 Å². The van der Waals surface area contributed by atoms with Crippen LogP contribution >= 0.6 is 0 Å². The molecular weight excluding hydrogens is 308 g/mol. The molecule has 124 valence electrons. The van der Waals surface area contributed by atoms with E-state index in [0.29, 0.717) is 12.1 Å². The van der Waals surface area contributed by atoms with E-state index in [-0.39, 0.29) is 24.0 Å². The Bertz CT molecular complexity index is 674. The van der Waals surface area contributed by atoms with Gasteiger partial charge in [0.25, 0.3) is 5.91 Å². The fourth-order valence-corrected chi connectivity index (χ4v) is 1.96. The summed E-state index contributed by atoms with van der Waals surface area (Å²) >= 11 is 0. The van der Waals surface area contributed by atoms with Crippen LogP contribution in [0.25, 0.3) is 0 Å². The van der Waals surface area contributed by atoms with Gasteiger partial charge in [-0.1, -0.05) is 0 Å². The van der Waals surface area contributed by atoms with Crippen LogP contribution in [-0.2, 0) is 13.6 Å². The summed E-state index contributed by atoms with van der Waals surface area (Å²) < 4.78 is 35.9. The molecule has 1 amide bonds. The molecule has 1 heterocycles. The number of carbonyl (C=O) groups excluding carboxylic acids is 1. The second-order valence-corrected chi connectivity index (χ2v) is 4.68. The van der Waals surface area contributed by atoms with Gasteiger partial charge < -0.3 is 14.8 Å². The number of hydrogen-bond acceptors (Lipinski definition) is 4. The number of alkyl halides is 2. The number of aromatic nitrogens is 2. The van der Waals surface area contributed by atoms with Gasteiger partial charge in [0.15, 0.2) is 11.5 Å². The summed E-state index contributed by atoms with van der Waals surface area (Å²) in [7, 11) is 1.78. The van der Waals surface area contributed by atoms with Crippen molar-refractivity contribution in [2.75, 3.05) is 6.61 Å². The summed E-state index contributed by atoms with van der Waals surface area (Å²) in [5.74, 6) is -0.356. The van der Waals surface area contributed by atoms with Crippen molar-refractivity contribution < 1.29 is 23.0 Å². The highest BCUT2D eigenvalue weighted by Crippen LogP contribution is 2.29. The van der Waals surface area contributed by atoms with Gasteiger partial charge in [-0.15, -0.1) is 0 Å². The van der Waals surface area contributed by atoms with Crippen molar-refractivity contribution in [3.8, 4) is 11.5 Å². The van der Waals surface area contributed by atoms with E-state index >= 15 is 0 Å². The molecule has 8 heteroatoms. The third-order valence-corrected chi connectivity index (χ3v) is 2.93. The third-order valence-electron chi connectivity index (χ3n) is 2.93. The standard InChI is InChI=1S/C15H17F2N3O3/c1-3-22-13-6-11(4-5-12(13)23-15(16)17)14(21)18-7-10-8-19-20(2)9-10/h4-6,8-9,15H,3,7H2,1-2H3,(H,18,21). The SMILES string of the molecule is CCOc1cc(C(=O)NCc2cnn(C)c2)ccc1OC(F)F. The zero-order valence-electron chi connectivity index (χ0n) is 12.8. The first-order chi connectivity index (χ1) is 11.0. The molecule has 0 atom stereocenters. The third kappa shape index (κ3) is 4.67. The van der Waals surface area contributed by atoms with Crippen molar-refractivity contribution in [3.05, 3.63) is 41.7 Å². The van der Waals surface area contributed by atoms with E-state index in [1.54, 1.807) is 31.0 Å². The van der Waals surface area contributed by atoms with Gasteiger partial charge in [0.05, 0.1) is 12.8 Å². The number of aryl methyl sites for hydroxylation is 1. The maximum absolute atomic E-state index is 12.3. The van der Waals surface area contributed by atoms with Crippen molar-refractivity contribution in [2.45, 2.75) is 20.1 Å². The molecule has 0 saturated heterocycles. The van der Waals surface area contributed by atoms with E-state index in [0.717, 1.165) is 5.56 Å². The van der Waals surface area contributed by atoms with Gasteiger partial charge in [0.1, 0.15) is 0 Å². The molecule has 0 radical (unpaired) electrons. The van der Waals surface area contributed by atoms with Crippen molar-refractivity contribution in [1.29, 1.82) is 0 Å². The molecule has 1 aromatic carbocycles. The van der Waals surface area contributed by atoms with Crippen LogP contribution < -0.4 is 14.8 Å². The number of halogens is 2. The molecule has 6 nitrogen and oxygen atoms in total. The van der Waals surface area contributed by atoms with Crippen LogP contribution in [0.2, 0.25) is 0 Å². The first-order valence-corrected chi connectivity index (χ1v) is 6.97. The Morgan fingerprint density at radius 3 is 2.78 bits per heavy atom. The number of benzene rings is 1. The summed E-state index contributed by atoms with van der Waals surface area (Å²) in [4.78, 5) is 12.1. The van der Waals surface area contributed by atoms with E-state index < -0.39 is 6.61 Å². The zero-order chi connectivity index (χ0) is 16.8. The number of hydrogen-bond donors (Lipinski definition) is 1. The molecule has 0 fully saturated rings. The molecule has 1 aromatic heterocycles. The highest BCUT2D eigenvalue weighted by molar-refractivity contribution is 5.94. The van der Waals surface area contributed by atoms with E-state index in [2.05, 4.69) is 15.2 Å². The second-order valence-electron chi connectivity index (χ2n) is 4.68. The minimum absolute atomic E-state index is 0.0989. The number of rotatable bonds is 7. The van der Waals surface area contributed by atoms with Crippen molar-refractivity contribution >= 4 is 5.91 Å². The molecule has 23 heavy (non-hydrogen) atoms. The molecule has 0 unspecified atom stereocenters. The molecule has 1 N–H and O–H groups in total. The lowest BCUT2D eigenvalue weighted by atomic mass is 10.2. The van der Waals surface area contributed by atoms with Gasteiger partial charge in [-0.3, -0.25) is 9.48 Å². The first kappa shape index (κ1) is 16.7. The Balaban J connectivity index is 2.08. The number of nitrogens with zero attached hydrogens (tertiary/aromatic N) is 2. The maximum Gasteiger partial charge on any atom is 0.387 e. The number of carbonyl (C=O) groups is 1. The van der Waals surface area contributed by atoms with Crippen LogP contribution in [0.5, 0.6) is 11.5 Å². The second kappa shape index (κ2) is 7.57. The van der Waals surface area contributed by atoms with Crippen LogP contribution in [0.1, 0.15) is 22.8 Å². The largest absolute Gasteiger partial charge is 0.490 e. The van der Waals surface area contributed by atoms with Gasteiger partial charge in [-0.2, -0.15) is 13.9 Å². The highest BCUT2D eigenvalue weighted by atomic mass is 19.3. The number of ether oxygens (including phenoxy) is 2. The first-order valence-electron chi connectivity index (χ1n) is 6.97. The number of amides is 1. The lowest BCUT2D eigenvalue weighted by Crippen LogP contribution is -2.22. The molecule has 0 aliphatic rings. The Labute approximate surface area is 132 Å². The Morgan fingerprint density at radius 2 is 2.17 bits per heavy atom. The summed E-state index contributed by atoms with van der Waals surface area (Å²) in [6, 6.07) is 4.06. The minimum Gasteiger partial charge on any atom is -0.490 e. The van der Waals surface area contributed by atoms with Gasteiger partial charge in [0, 0.05) is 30.9 Å². The fourth-order valence-electron chi connectivity index (χ4n) is 1.96. The minimum atomic E-state index is -2.96. The highest BCUT2D eigenvalue weighted by Gasteiger charge is 2.14. The lowest BCUT2D eigenvalue weighted by molar-refractivity contribution is -0.0514. The maximum atomic E-state index is 12.3. The Hall–Kier alpha value is -2.64. The van der Waals surface area contributed by atoms with Crippen LogP contribution in [0.15, 0.2) is 30.6 Å². The predicted molar refractivity (Wildman–Crippen MR) is 78.6 cm³/mol. The smallest absolute Gasteiger partial charge is 0.387 e. The molecule has 0 bridgehead atoms. The van der Waals surface area contributed by atoms with E-state index in [1.807, 2.05) is 0 Å². The molecule has 0 aliphatic heterocycles. The van der Waals surface area contributed by atoms with Crippen LogP contribution in [0, 0.1) is 0 Å². The Kier molecular flexibility index (Phi) is 5.51. The monoisotopic (exact) mass is 325 g/mol. The zero-order valence-corrected chi connectivity index (χ0v) is 12.8. The normalized spacial score (nSPS) is 10.7. The van der Waals surface area contributed by atoms with Crippen molar-refractivity contribution in [3.63, 3.8) is 0 Å². The van der Waals surface area contributed by atoms with Crippen molar-refractivity contribution in [1.82, 2.24) is 15.1 Å². The van der Waals surface area contributed by atoms with Gasteiger partial charge in [-0.25, -0.2) is 0 Å². The fraction of sp³-hybridized carbons (Fsp3) is 0.333. The van der Waals surface area contributed by atoms with E-state index in [9.17, 15) is 13.6 Å². The molecule has 0 spiro atoms. The average molecular weight is 325 g/mol. The van der Waals surface area contributed by atoms with Gasteiger partial charge in [-0.05, 0) is 25.1 Å². The predicted octanol–water partition coefficient (Wildman–Crippen LogP) is 2.35.